The molecule has 0 saturated heterocycles. The molecule has 0 radical (unpaired) electrons. The molecule has 0 aliphatic rings. The van der Waals surface area contributed by atoms with Crippen LogP contribution < -0.4 is 0 Å². The Bertz CT molecular complexity index is 1170. The molecule has 0 unspecified atom stereocenters. The van der Waals surface area contributed by atoms with Crippen LogP contribution in [0.4, 0.5) is 11.5 Å². The summed E-state index contributed by atoms with van der Waals surface area (Å²) in [5.74, 6) is 0.654. The molecule has 0 aliphatic carbocycles. The molecular weight excluding hydrogens is 346 g/mol. The van der Waals surface area contributed by atoms with Crippen LogP contribution in [0.3, 0.4) is 0 Å². The predicted molar refractivity (Wildman–Crippen MR) is 105 cm³/mol. The molecule has 1 N–H and O–H groups in total. The lowest BCUT2D eigenvalue weighted by Crippen LogP contribution is -1.91. The van der Waals surface area contributed by atoms with Crippen LogP contribution in [0.2, 0.25) is 0 Å². The third-order valence-electron chi connectivity index (χ3n) is 4.67. The van der Waals surface area contributed by atoms with Gasteiger partial charge >= 0.3 is 0 Å². The largest absolute Gasteiger partial charge is 0.493 e. The maximum Gasteiger partial charge on any atom is 0.220 e. The van der Waals surface area contributed by atoms with Crippen molar-refractivity contribution in [3.05, 3.63) is 40.5 Å². The van der Waals surface area contributed by atoms with Crippen molar-refractivity contribution in [3.63, 3.8) is 0 Å². The first-order valence-corrected chi connectivity index (χ1v) is 9.27. The summed E-state index contributed by atoms with van der Waals surface area (Å²) >= 11 is 1.62. The van der Waals surface area contributed by atoms with E-state index in [4.69, 9.17) is 0 Å². The van der Waals surface area contributed by atoms with E-state index in [2.05, 4.69) is 27.1 Å². The van der Waals surface area contributed by atoms with Crippen LogP contribution in [0.15, 0.2) is 34.8 Å². The van der Waals surface area contributed by atoms with Crippen LogP contribution in [-0.4, -0.2) is 19.6 Å². The molecule has 6 nitrogen and oxygen atoms in total. The van der Waals surface area contributed by atoms with Gasteiger partial charge in [-0.3, -0.25) is 0 Å². The van der Waals surface area contributed by atoms with Gasteiger partial charge in [-0.1, -0.05) is 11.6 Å². The summed E-state index contributed by atoms with van der Waals surface area (Å²) in [5, 5.41) is 21.2. The zero-order chi connectivity index (χ0) is 18.4. The van der Waals surface area contributed by atoms with Gasteiger partial charge in [0.1, 0.15) is 11.2 Å². The maximum atomic E-state index is 10.6. The van der Waals surface area contributed by atoms with Gasteiger partial charge in [0.05, 0.1) is 10.9 Å². The van der Waals surface area contributed by atoms with Crippen LogP contribution in [-0.2, 0) is 6.54 Å². The summed E-state index contributed by atoms with van der Waals surface area (Å²) < 4.78 is 1.83. The van der Waals surface area contributed by atoms with Crippen LogP contribution in [0.5, 0.6) is 5.88 Å². The normalized spacial score (nSPS) is 12.0. The second-order valence-corrected chi connectivity index (χ2v) is 7.50. The third kappa shape index (κ3) is 2.47. The highest BCUT2D eigenvalue weighted by Gasteiger charge is 2.17. The summed E-state index contributed by atoms with van der Waals surface area (Å²) in [5.41, 5.74) is 3.65. The highest BCUT2D eigenvalue weighted by atomic mass is 32.1. The number of benzene rings is 1. The van der Waals surface area contributed by atoms with E-state index in [9.17, 15) is 5.11 Å². The molecule has 0 amide bonds. The number of rotatable bonds is 3. The fourth-order valence-corrected chi connectivity index (χ4v) is 4.18. The third-order valence-corrected chi connectivity index (χ3v) is 5.79. The number of fused-ring (bicyclic) bond motifs is 2. The first kappa shape index (κ1) is 16.7. The Hall–Kier alpha value is -2.80. The lowest BCUT2D eigenvalue weighted by molar-refractivity contribution is 0.427. The van der Waals surface area contributed by atoms with Gasteiger partial charge in [0.15, 0.2) is 11.5 Å². The van der Waals surface area contributed by atoms with Crippen molar-refractivity contribution < 1.29 is 5.11 Å². The Morgan fingerprint density at radius 1 is 1.15 bits per heavy atom. The molecule has 7 heteroatoms. The van der Waals surface area contributed by atoms with Crippen molar-refractivity contribution >= 4 is 44.0 Å². The molecule has 3 aromatic heterocycles. The van der Waals surface area contributed by atoms with Crippen LogP contribution >= 0.6 is 11.3 Å². The summed E-state index contributed by atoms with van der Waals surface area (Å²) in [7, 11) is 0. The Morgan fingerprint density at radius 2 is 1.96 bits per heavy atom. The molecule has 132 valence electrons. The highest BCUT2D eigenvalue weighted by Crippen LogP contribution is 2.41. The van der Waals surface area contributed by atoms with Gasteiger partial charge in [0, 0.05) is 16.8 Å². The standard InChI is InChI=1S/C19H19N5OS/c1-5-24-14-7-6-10(2)8-13(14)16(19(24)25)22-23-17-15-11(3)12(4)26-18(15)21-9-20-17/h6-9,25H,5H2,1-4H3. The van der Waals surface area contributed by atoms with E-state index in [1.54, 1.807) is 11.3 Å². The molecule has 1 aromatic carbocycles. The molecule has 0 bridgehead atoms. The van der Waals surface area contributed by atoms with E-state index in [0.29, 0.717) is 18.1 Å². The van der Waals surface area contributed by atoms with Gasteiger partial charge in [0.25, 0.3) is 0 Å². The van der Waals surface area contributed by atoms with E-state index in [1.165, 1.54) is 11.2 Å². The summed E-state index contributed by atoms with van der Waals surface area (Å²) in [6.45, 7) is 8.77. The SMILES string of the molecule is CCn1c(O)c(N=Nc2ncnc3sc(C)c(C)c23)c2cc(C)ccc21. The first-order chi connectivity index (χ1) is 12.5. The van der Waals surface area contributed by atoms with Gasteiger partial charge < -0.3 is 9.67 Å². The predicted octanol–water partition coefficient (Wildman–Crippen LogP) is 5.71. The zero-order valence-electron chi connectivity index (χ0n) is 15.1. The second kappa shape index (κ2) is 6.17. The van der Waals surface area contributed by atoms with Crippen molar-refractivity contribution in [3.8, 4) is 5.88 Å². The fourth-order valence-electron chi connectivity index (χ4n) is 3.19. The Balaban J connectivity index is 1.91. The van der Waals surface area contributed by atoms with Crippen molar-refractivity contribution in [2.45, 2.75) is 34.2 Å². The summed E-state index contributed by atoms with van der Waals surface area (Å²) in [6.07, 6.45) is 1.51. The molecule has 3 heterocycles. The maximum absolute atomic E-state index is 10.6. The fraction of sp³-hybridized carbons (Fsp3) is 0.263. The number of aromatic hydroxyl groups is 1. The minimum atomic E-state index is 0.125. The Kier molecular flexibility index (Phi) is 3.96. The Morgan fingerprint density at radius 3 is 2.73 bits per heavy atom. The lowest BCUT2D eigenvalue weighted by atomic mass is 10.1. The van der Waals surface area contributed by atoms with E-state index < -0.39 is 0 Å². The quantitative estimate of drug-likeness (QED) is 0.472. The van der Waals surface area contributed by atoms with Crippen molar-refractivity contribution in [1.29, 1.82) is 0 Å². The van der Waals surface area contributed by atoms with Crippen molar-refractivity contribution in [2.75, 3.05) is 0 Å². The minimum Gasteiger partial charge on any atom is -0.493 e. The van der Waals surface area contributed by atoms with E-state index in [-0.39, 0.29) is 5.88 Å². The highest BCUT2D eigenvalue weighted by molar-refractivity contribution is 7.18. The van der Waals surface area contributed by atoms with Crippen LogP contribution in [0, 0.1) is 20.8 Å². The van der Waals surface area contributed by atoms with Gasteiger partial charge in [-0.15, -0.1) is 21.6 Å². The van der Waals surface area contributed by atoms with Crippen LogP contribution in [0.1, 0.15) is 22.9 Å². The van der Waals surface area contributed by atoms with Gasteiger partial charge in [-0.05, 0) is 45.4 Å². The monoisotopic (exact) mass is 365 g/mol. The van der Waals surface area contributed by atoms with Crippen molar-refractivity contribution in [2.24, 2.45) is 10.2 Å². The van der Waals surface area contributed by atoms with E-state index >= 15 is 0 Å². The Labute approximate surface area is 154 Å². The van der Waals surface area contributed by atoms with E-state index in [0.717, 1.165) is 32.2 Å². The lowest BCUT2D eigenvalue weighted by Gasteiger charge is -2.01. The summed E-state index contributed by atoms with van der Waals surface area (Å²) in [4.78, 5) is 10.7. The van der Waals surface area contributed by atoms with Gasteiger partial charge in [0.2, 0.25) is 5.88 Å². The molecule has 0 atom stereocenters. The minimum absolute atomic E-state index is 0.125. The molecule has 0 fully saturated rings. The number of hydrogen-bond acceptors (Lipinski definition) is 6. The zero-order valence-corrected chi connectivity index (χ0v) is 15.9. The molecule has 4 aromatic rings. The second-order valence-electron chi connectivity index (χ2n) is 6.30. The van der Waals surface area contributed by atoms with Crippen LogP contribution in [0.25, 0.3) is 21.1 Å². The average molecular weight is 365 g/mol. The molecule has 0 spiro atoms. The molecule has 0 aliphatic heterocycles. The van der Waals surface area contributed by atoms with Gasteiger partial charge in [-0.2, -0.15) is 0 Å². The number of hydrogen-bond donors (Lipinski definition) is 1. The first-order valence-electron chi connectivity index (χ1n) is 8.45. The average Bonchev–Trinajstić information content (AvgIpc) is 3.06. The number of thiophene rings is 1. The van der Waals surface area contributed by atoms with E-state index in [1.807, 2.05) is 43.5 Å². The summed E-state index contributed by atoms with van der Waals surface area (Å²) in [6, 6.07) is 6.05. The molecular formula is C19H19N5OS. The molecule has 4 rings (SSSR count). The topological polar surface area (TPSA) is 75.7 Å². The number of aryl methyl sites for hydroxylation is 4. The number of nitrogens with zero attached hydrogens (tertiary/aromatic N) is 5. The number of aromatic nitrogens is 3. The molecule has 26 heavy (non-hydrogen) atoms. The smallest absolute Gasteiger partial charge is 0.220 e. The van der Waals surface area contributed by atoms with Crippen molar-refractivity contribution in [1.82, 2.24) is 14.5 Å². The number of azo groups is 1. The molecule has 0 saturated carbocycles. The van der Waals surface area contributed by atoms with Gasteiger partial charge in [-0.25, -0.2) is 9.97 Å².